The van der Waals surface area contributed by atoms with E-state index in [4.69, 9.17) is 9.47 Å². The number of H-pyrrole nitrogens is 2. The number of piperazine rings is 2. The molecule has 6 N–H and O–H groups in total. The van der Waals surface area contributed by atoms with E-state index in [2.05, 4.69) is 64.7 Å². The van der Waals surface area contributed by atoms with Crippen molar-refractivity contribution >= 4 is 35.0 Å². The van der Waals surface area contributed by atoms with E-state index in [1.807, 2.05) is 64.1 Å². The Morgan fingerprint density at radius 1 is 0.557 bits per heavy atom. The fraction of sp³-hybridized carbons (Fsp3) is 0.515. The van der Waals surface area contributed by atoms with Crippen LogP contribution < -0.4 is 42.2 Å². The van der Waals surface area contributed by atoms with E-state index < -0.39 is 23.0 Å². The average molecular weight is 1210 g/mol. The molecule has 20 nitrogen and oxygen atoms in total. The first-order chi connectivity index (χ1) is 42.1. The summed E-state index contributed by atoms with van der Waals surface area (Å²) in [7, 11) is 0. The Morgan fingerprint density at radius 2 is 0.932 bits per heavy atom. The second-order valence-corrected chi connectivity index (χ2v) is 26.4. The standard InChI is InChI=1S/C66H84F2N12O8/c1-41-31-77(37-57(81)79-39-65(3,4)59-53(79)25-47(61(83)73-59)23-43-11-15-49(67)16-12-43)51(29-69-41)33-75-19-21-87-55(35-75)63(85)71-27-45-7-9-46(10-8-45)28-72-64(86)56-36-76(20-22-88-56)34-52-30-70-42(2)32-78(52)38-58(82)80-40-66(5,6)60-54(80)26-48(62(84)74-60)24-44-13-17-50(68)18-14-44/h7-18,25-26,41-42,51-52,55-56,69-70H,19-24,27-40H2,1-6H3,(H,71,85)(H,72,86)(H,73,83)(H,74,84)/t41-,42-,51-,52-,55-,56-/m1/s1. The maximum Gasteiger partial charge on any atom is 0.251 e. The largest absolute Gasteiger partial charge is 0.366 e. The van der Waals surface area contributed by atoms with E-state index in [-0.39, 0.29) is 83.6 Å². The van der Waals surface area contributed by atoms with Crippen molar-refractivity contribution in [3.8, 4) is 0 Å². The summed E-state index contributed by atoms with van der Waals surface area (Å²) < 4.78 is 39.3. The summed E-state index contributed by atoms with van der Waals surface area (Å²) in [6, 6.07) is 23.8. The van der Waals surface area contributed by atoms with Crippen molar-refractivity contribution < 1.29 is 37.4 Å². The maximum absolute atomic E-state index is 14.4. The summed E-state index contributed by atoms with van der Waals surface area (Å²) in [5.41, 5.74) is 5.87. The third kappa shape index (κ3) is 14.7. The van der Waals surface area contributed by atoms with Crippen LogP contribution in [0, 0.1) is 11.6 Å². The SMILES string of the molecule is C[C@@H]1CN(CC(=O)N2CC(C)(C)c3[nH]c(=O)c(Cc4ccc(F)cc4)cc32)[C@@H](CN2CCO[C@@H](C(=O)NCc3ccc(CNC(=O)[C@H]4CN(C[C@H]5CN[C@H](C)CN5CC(=O)N5CC(C)(C)c6[nH]c(=O)c(Cc7ccc(F)cc7)cc65)CCO4)cc3)C2)CN1. The summed E-state index contributed by atoms with van der Waals surface area (Å²) in [5.74, 6) is -1.22. The van der Waals surface area contributed by atoms with E-state index in [0.717, 1.165) is 33.6 Å². The van der Waals surface area contributed by atoms with Crippen molar-refractivity contribution in [2.24, 2.45) is 0 Å². The lowest BCUT2D eigenvalue weighted by atomic mass is 9.91. The number of fused-ring (bicyclic) bond motifs is 2. The predicted molar refractivity (Wildman–Crippen MR) is 331 cm³/mol. The van der Waals surface area contributed by atoms with Crippen molar-refractivity contribution in [3.05, 3.63) is 162 Å². The van der Waals surface area contributed by atoms with Gasteiger partial charge in [0.25, 0.3) is 22.9 Å². The fourth-order valence-corrected chi connectivity index (χ4v) is 13.4. The minimum absolute atomic E-state index is 0.0104. The molecule has 0 unspecified atom stereocenters. The molecular weight excluding hydrogens is 1130 g/mol. The molecule has 0 aliphatic carbocycles. The minimum Gasteiger partial charge on any atom is -0.366 e. The topological polar surface area (TPSA) is 220 Å². The Labute approximate surface area is 512 Å². The zero-order valence-corrected chi connectivity index (χ0v) is 51.4. The number of halogens is 2. The molecule has 88 heavy (non-hydrogen) atoms. The van der Waals surface area contributed by atoms with Crippen LogP contribution in [-0.4, -0.2) is 194 Å². The van der Waals surface area contributed by atoms with Crippen LogP contribution in [-0.2, 0) is 65.4 Å². The van der Waals surface area contributed by atoms with E-state index in [1.165, 1.54) is 24.3 Å². The number of amides is 4. The second kappa shape index (κ2) is 26.6. The number of hydrogen-bond acceptors (Lipinski definition) is 14. The van der Waals surface area contributed by atoms with Gasteiger partial charge in [0.15, 0.2) is 0 Å². The molecule has 0 saturated carbocycles. The van der Waals surface area contributed by atoms with Gasteiger partial charge in [-0.05, 0) is 72.5 Å². The highest BCUT2D eigenvalue weighted by Crippen LogP contribution is 2.41. The molecule has 0 radical (unpaired) electrons. The number of ether oxygens (including phenoxy) is 2. The highest BCUT2D eigenvalue weighted by Gasteiger charge is 2.43. The first-order valence-corrected chi connectivity index (χ1v) is 31.0. The molecule has 6 atom stereocenters. The summed E-state index contributed by atoms with van der Waals surface area (Å²) in [4.78, 5) is 101. The minimum atomic E-state index is -0.676. The number of rotatable bonds is 18. The Hall–Kier alpha value is -7.02. The van der Waals surface area contributed by atoms with Gasteiger partial charge in [-0.3, -0.25) is 48.4 Å². The monoisotopic (exact) mass is 1210 g/mol. The van der Waals surface area contributed by atoms with Crippen LogP contribution in [0.5, 0.6) is 0 Å². The van der Waals surface area contributed by atoms with Gasteiger partial charge in [-0.1, -0.05) is 76.2 Å². The Kier molecular flexibility index (Phi) is 18.9. The fourth-order valence-electron chi connectivity index (χ4n) is 13.4. The number of nitrogens with zero attached hydrogens (tertiary/aromatic N) is 6. The van der Waals surface area contributed by atoms with E-state index in [9.17, 15) is 37.5 Å². The third-order valence-electron chi connectivity index (χ3n) is 18.4. The molecule has 4 amide bonds. The number of hydrogen-bond donors (Lipinski definition) is 6. The van der Waals surface area contributed by atoms with Crippen LogP contribution in [0.4, 0.5) is 20.2 Å². The highest BCUT2D eigenvalue weighted by atomic mass is 19.1. The van der Waals surface area contributed by atoms with Gasteiger partial charge in [0.05, 0.1) is 37.7 Å². The average Bonchev–Trinajstić information content (AvgIpc) is 2.75. The van der Waals surface area contributed by atoms with Gasteiger partial charge in [0.2, 0.25) is 11.8 Å². The van der Waals surface area contributed by atoms with Gasteiger partial charge in [-0.15, -0.1) is 0 Å². The van der Waals surface area contributed by atoms with Gasteiger partial charge >= 0.3 is 0 Å². The van der Waals surface area contributed by atoms with Crippen LogP contribution in [0.2, 0.25) is 0 Å². The lowest BCUT2D eigenvalue weighted by Gasteiger charge is -2.43. The number of morpholine rings is 2. The van der Waals surface area contributed by atoms with Crippen molar-refractivity contribution in [3.63, 3.8) is 0 Å². The number of nitrogens with one attached hydrogen (secondary N) is 6. The molecule has 6 aliphatic heterocycles. The normalized spacial score (nSPS) is 24.0. The number of aromatic nitrogens is 2. The van der Waals surface area contributed by atoms with Crippen molar-refractivity contribution in [2.45, 2.75) is 115 Å². The lowest BCUT2D eigenvalue weighted by molar-refractivity contribution is -0.139. The maximum atomic E-state index is 14.4. The van der Waals surface area contributed by atoms with Crippen LogP contribution in [0.3, 0.4) is 0 Å². The zero-order chi connectivity index (χ0) is 62.0. The number of aromatic amines is 2. The van der Waals surface area contributed by atoms with E-state index in [1.54, 1.807) is 34.1 Å². The van der Waals surface area contributed by atoms with Crippen LogP contribution >= 0.6 is 0 Å². The molecule has 4 fully saturated rings. The predicted octanol–water partition coefficient (Wildman–Crippen LogP) is 3.13. The molecule has 5 aromatic rings. The van der Waals surface area contributed by atoms with Crippen molar-refractivity contribution in [1.29, 1.82) is 0 Å². The summed E-state index contributed by atoms with van der Waals surface area (Å²) in [5, 5.41) is 13.3. The number of pyridine rings is 2. The number of carbonyl (C=O) groups excluding carboxylic acids is 4. The third-order valence-corrected chi connectivity index (χ3v) is 18.4. The van der Waals surface area contributed by atoms with Crippen molar-refractivity contribution in [1.82, 2.24) is 50.8 Å². The summed E-state index contributed by atoms with van der Waals surface area (Å²) in [6.45, 7) is 20.9. The van der Waals surface area contributed by atoms with Gasteiger partial charge in [0, 0.05) is 162 Å². The lowest BCUT2D eigenvalue weighted by Crippen LogP contribution is -2.62. The van der Waals surface area contributed by atoms with Crippen molar-refractivity contribution in [2.75, 3.05) is 115 Å². The summed E-state index contributed by atoms with van der Waals surface area (Å²) in [6.07, 6.45) is -0.738. The first-order valence-electron chi connectivity index (χ1n) is 31.0. The Morgan fingerprint density at radius 3 is 1.32 bits per heavy atom. The Balaban J connectivity index is 0.629. The van der Waals surface area contributed by atoms with Crippen LogP contribution in [0.1, 0.15) is 86.3 Å². The molecule has 22 heteroatoms. The number of benzene rings is 3. The molecule has 4 saturated heterocycles. The smallest absolute Gasteiger partial charge is 0.251 e. The molecule has 11 rings (SSSR count). The van der Waals surface area contributed by atoms with E-state index in [0.29, 0.717) is 140 Å². The molecular formula is C66H84F2N12O8. The molecule has 0 bridgehead atoms. The van der Waals surface area contributed by atoms with Crippen LogP contribution in [0.25, 0.3) is 0 Å². The molecule has 470 valence electrons. The molecule has 6 aliphatic rings. The van der Waals surface area contributed by atoms with Gasteiger partial charge in [0.1, 0.15) is 23.8 Å². The zero-order valence-electron chi connectivity index (χ0n) is 51.4. The first kappa shape index (κ1) is 62.6. The van der Waals surface area contributed by atoms with E-state index >= 15 is 0 Å². The Bertz CT molecular complexity index is 3240. The molecule has 8 heterocycles. The molecule has 0 spiro atoms. The quantitative estimate of drug-likeness (QED) is 0.0744. The number of anilines is 2. The molecule has 2 aromatic heterocycles. The molecule has 3 aromatic carbocycles. The van der Waals surface area contributed by atoms with Gasteiger partial charge in [-0.25, -0.2) is 8.78 Å². The highest BCUT2D eigenvalue weighted by molar-refractivity contribution is 5.98. The van der Waals surface area contributed by atoms with Gasteiger partial charge in [-0.2, -0.15) is 0 Å². The van der Waals surface area contributed by atoms with Gasteiger partial charge < -0.3 is 50.5 Å². The summed E-state index contributed by atoms with van der Waals surface area (Å²) >= 11 is 0. The second-order valence-electron chi connectivity index (χ2n) is 26.4. The van der Waals surface area contributed by atoms with Crippen LogP contribution in [0.15, 0.2) is 94.5 Å². The number of carbonyl (C=O) groups is 4.